The molecular formula is C57H34N4OS. The first kappa shape index (κ1) is 35.6. The average molecular weight is 823 g/mol. The van der Waals surface area contributed by atoms with Crippen LogP contribution >= 0.6 is 11.3 Å². The van der Waals surface area contributed by atoms with Gasteiger partial charge in [-0.15, -0.1) is 11.3 Å². The Balaban J connectivity index is 0.968. The van der Waals surface area contributed by atoms with E-state index in [1.54, 1.807) is 11.3 Å². The van der Waals surface area contributed by atoms with Gasteiger partial charge in [0.15, 0.2) is 23.1 Å². The Hall–Kier alpha value is -8.19. The molecule has 9 aromatic carbocycles. The number of rotatable bonds is 6. The Kier molecular flexibility index (Phi) is 8.01. The molecule has 0 amide bonds. The van der Waals surface area contributed by atoms with Gasteiger partial charge in [-0.25, -0.2) is 15.0 Å². The average Bonchev–Trinajstić information content (AvgIpc) is 4.04. The molecule has 6 heteroatoms. The van der Waals surface area contributed by atoms with E-state index < -0.39 is 0 Å². The van der Waals surface area contributed by atoms with Gasteiger partial charge in [0.2, 0.25) is 0 Å². The summed E-state index contributed by atoms with van der Waals surface area (Å²) in [6.07, 6.45) is 0. The Bertz CT molecular complexity index is 3850. The molecule has 0 aliphatic carbocycles. The molecule has 0 unspecified atom stereocenters. The predicted molar refractivity (Wildman–Crippen MR) is 262 cm³/mol. The minimum Gasteiger partial charge on any atom is -0.454 e. The maximum absolute atomic E-state index is 6.88. The number of thiophene rings is 1. The summed E-state index contributed by atoms with van der Waals surface area (Å²) in [6.45, 7) is 0. The zero-order valence-corrected chi connectivity index (χ0v) is 34.6. The molecule has 63 heavy (non-hydrogen) atoms. The lowest BCUT2D eigenvalue weighted by molar-refractivity contribution is 0.666. The van der Waals surface area contributed by atoms with Crippen molar-refractivity contribution >= 4 is 75.3 Å². The largest absolute Gasteiger partial charge is 0.454 e. The molecule has 13 aromatic rings. The first-order chi connectivity index (χ1) is 31.2. The topological polar surface area (TPSA) is 56.7 Å². The third-order valence-corrected chi connectivity index (χ3v) is 13.4. The van der Waals surface area contributed by atoms with Gasteiger partial charge in [0.25, 0.3) is 0 Å². The molecule has 0 aliphatic heterocycles. The number of nitrogens with zero attached hydrogens (tertiary/aromatic N) is 4. The van der Waals surface area contributed by atoms with E-state index in [1.807, 2.05) is 6.07 Å². The number of fused-ring (bicyclic) bond motifs is 9. The van der Waals surface area contributed by atoms with Crippen molar-refractivity contribution in [2.24, 2.45) is 0 Å². The second-order valence-corrected chi connectivity index (χ2v) is 17.0. The smallest absolute Gasteiger partial charge is 0.164 e. The van der Waals surface area contributed by atoms with Crippen LogP contribution in [0, 0.1) is 0 Å². The highest BCUT2D eigenvalue weighted by Crippen LogP contribution is 2.42. The number of hydrogen-bond donors (Lipinski definition) is 0. The summed E-state index contributed by atoms with van der Waals surface area (Å²) in [6, 6.07) is 72.6. The van der Waals surface area contributed by atoms with Crippen LogP contribution in [-0.2, 0) is 0 Å². The first-order valence-electron chi connectivity index (χ1n) is 21.1. The van der Waals surface area contributed by atoms with Crippen molar-refractivity contribution in [3.63, 3.8) is 0 Å². The van der Waals surface area contributed by atoms with Crippen LogP contribution in [0.2, 0.25) is 0 Å². The van der Waals surface area contributed by atoms with Gasteiger partial charge in [0.1, 0.15) is 5.58 Å². The molecule has 4 heterocycles. The Morgan fingerprint density at radius 3 is 1.62 bits per heavy atom. The summed E-state index contributed by atoms with van der Waals surface area (Å²) in [7, 11) is 0. The third kappa shape index (κ3) is 5.80. The van der Waals surface area contributed by atoms with Crippen molar-refractivity contribution in [1.29, 1.82) is 0 Å². The highest BCUT2D eigenvalue weighted by atomic mass is 32.1. The number of benzene rings is 9. The van der Waals surface area contributed by atoms with Crippen LogP contribution in [0.1, 0.15) is 0 Å². The van der Waals surface area contributed by atoms with E-state index in [1.165, 1.54) is 42.1 Å². The van der Waals surface area contributed by atoms with E-state index in [2.05, 4.69) is 205 Å². The van der Waals surface area contributed by atoms with Crippen molar-refractivity contribution in [3.8, 4) is 62.1 Å². The monoisotopic (exact) mass is 822 g/mol. The van der Waals surface area contributed by atoms with E-state index in [-0.39, 0.29) is 0 Å². The number of furan rings is 1. The lowest BCUT2D eigenvalue weighted by atomic mass is 9.99. The predicted octanol–water partition coefficient (Wildman–Crippen LogP) is 15.6. The van der Waals surface area contributed by atoms with Gasteiger partial charge in [-0.05, 0) is 64.7 Å². The van der Waals surface area contributed by atoms with Gasteiger partial charge in [-0.3, -0.25) is 0 Å². The van der Waals surface area contributed by atoms with Crippen molar-refractivity contribution in [1.82, 2.24) is 19.5 Å². The van der Waals surface area contributed by atoms with Crippen molar-refractivity contribution in [3.05, 3.63) is 206 Å². The minimum atomic E-state index is 0.579. The van der Waals surface area contributed by atoms with Crippen LogP contribution in [0.15, 0.2) is 211 Å². The summed E-state index contributed by atoms with van der Waals surface area (Å²) in [5, 5.41) is 7.00. The fourth-order valence-corrected chi connectivity index (χ4v) is 10.5. The molecule has 0 bridgehead atoms. The highest BCUT2D eigenvalue weighted by Gasteiger charge is 2.20. The summed E-state index contributed by atoms with van der Waals surface area (Å²) < 4.78 is 11.6. The Morgan fingerprint density at radius 2 is 0.905 bits per heavy atom. The zero-order chi connectivity index (χ0) is 41.4. The van der Waals surface area contributed by atoms with Crippen molar-refractivity contribution in [2.75, 3.05) is 0 Å². The highest BCUT2D eigenvalue weighted by molar-refractivity contribution is 7.26. The molecule has 13 rings (SSSR count). The second kappa shape index (κ2) is 14.2. The second-order valence-electron chi connectivity index (χ2n) is 15.9. The summed E-state index contributed by atoms with van der Waals surface area (Å²) >= 11 is 1.80. The normalized spacial score (nSPS) is 11.8. The SMILES string of the molecule is c1ccc(-c2ccc(-c3nc(-c4ccc5c(c4)oc4c(-n6c7ccccc7c7ccccc76)cccc45)nc(-c4ccc5c(c4)sc4cccc(-c6ccccc6)c45)n3)cc2)cc1. The van der Waals surface area contributed by atoms with E-state index in [0.29, 0.717) is 17.5 Å². The van der Waals surface area contributed by atoms with Crippen LogP contribution in [0.25, 0.3) is 126 Å². The number of aromatic nitrogens is 4. The van der Waals surface area contributed by atoms with E-state index in [0.717, 1.165) is 66.5 Å². The van der Waals surface area contributed by atoms with Gasteiger partial charge in [-0.2, -0.15) is 0 Å². The standard InChI is InChI=1S/C57H34N4OS/c1-3-13-35(14-4-1)36-25-27-38(28-26-36)55-58-56(60-57(59-55)40-30-32-46-52(34-40)63-51-24-12-19-41(53(46)51)37-15-5-2-6-16-37)39-29-31-44-45-20-11-23-49(54(45)62-50(44)33-39)61-47-21-9-7-17-42(47)43-18-8-10-22-48(43)61/h1-34H. The number of para-hydroxylation sites is 3. The zero-order valence-electron chi connectivity index (χ0n) is 33.7. The number of hydrogen-bond acceptors (Lipinski definition) is 5. The van der Waals surface area contributed by atoms with Crippen molar-refractivity contribution in [2.45, 2.75) is 0 Å². The fraction of sp³-hybridized carbons (Fsp3) is 0. The molecule has 0 aliphatic rings. The maximum atomic E-state index is 6.88. The summed E-state index contributed by atoms with van der Waals surface area (Å²) in [4.78, 5) is 15.6. The molecule has 5 nitrogen and oxygen atoms in total. The van der Waals surface area contributed by atoms with Crippen LogP contribution in [0.4, 0.5) is 0 Å². The van der Waals surface area contributed by atoms with E-state index >= 15 is 0 Å². The molecule has 0 saturated carbocycles. The molecule has 0 radical (unpaired) electrons. The first-order valence-corrected chi connectivity index (χ1v) is 21.9. The van der Waals surface area contributed by atoms with Gasteiger partial charge in [-0.1, -0.05) is 164 Å². The van der Waals surface area contributed by atoms with E-state index in [9.17, 15) is 0 Å². The lowest BCUT2D eigenvalue weighted by Crippen LogP contribution is -2.00. The lowest BCUT2D eigenvalue weighted by Gasteiger charge is -2.09. The van der Waals surface area contributed by atoms with Gasteiger partial charge in [0.05, 0.1) is 16.7 Å². The van der Waals surface area contributed by atoms with E-state index in [4.69, 9.17) is 19.4 Å². The summed E-state index contributed by atoms with van der Waals surface area (Å²) in [5.74, 6) is 1.80. The molecule has 0 N–H and O–H groups in total. The molecule has 0 fully saturated rings. The Morgan fingerprint density at radius 1 is 0.365 bits per heavy atom. The Labute approximate surface area is 365 Å². The van der Waals surface area contributed by atoms with Crippen LogP contribution in [0.5, 0.6) is 0 Å². The molecule has 0 atom stereocenters. The van der Waals surface area contributed by atoms with Crippen LogP contribution in [0.3, 0.4) is 0 Å². The minimum absolute atomic E-state index is 0.579. The molecule has 4 aromatic heterocycles. The van der Waals surface area contributed by atoms with Gasteiger partial charge in [0, 0.05) is 58.4 Å². The van der Waals surface area contributed by atoms with Crippen molar-refractivity contribution < 1.29 is 4.42 Å². The molecule has 0 spiro atoms. The fourth-order valence-electron chi connectivity index (χ4n) is 9.31. The molecule has 0 saturated heterocycles. The third-order valence-electron chi connectivity index (χ3n) is 12.3. The summed E-state index contributed by atoms with van der Waals surface area (Å²) in [5.41, 5.74) is 12.3. The van der Waals surface area contributed by atoms with Gasteiger partial charge < -0.3 is 8.98 Å². The maximum Gasteiger partial charge on any atom is 0.164 e. The molecular weight excluding hydrogens is 789 g/mol. The van der Waals surface area contributed by atoms with Crippen LogP contribution < -0.4 is 0 Å². The van der Waals surface area contributed by atoms with Crippen LogP contribution in [-0.4, -0.2) is 19.5 Å². The van der Waals surface area contributed by atoms with Gasteiger partial charge >= 0.3 is 0 Å². The molecule has 294 valence electrons. The quantitative estimate of drug-likeness (QED) is 0.168.